The maximum Gasteiger partial charge on any atom is 0.229 e. The molecule has 1 aliphatic heterocycles. The summed E-state index contributed by atoms with van der Waals surface area (Å²) in [6.45, 7) is 2.45. The minimum Gasteiger partial charge on any atom is -0.300 e. The van der Waals surface area contributed by atoms with Crippen molar-refractivity contribution in [3.63, 3.8) is 0 Å². The van der Waals surface area contributed by atoms with Gasteiger partial charge in [-0.25, -0.2) is 0 Å². The fourth-order valence-electron chi connectivity index (χ4n) is 1.92. The van der Waals surface area contributed by atoms with Gasteiger partial charge in [-0.1, -0.05) is 17.3 Å². The molecule has 0 atom stereocenters. The summed E-state index contributed by atoms with van der Waals surface area (Å²) in [5.74, 6) is 2.73. The van der Waals surface area contributed by atoms with Crippen LogP contribution in [0.2, 0.25) is 0 Å². The van der Waals surface area contributed by atoms with Gasteiger partial charge in [0, 0.05) is 5.92 Å². The summed E-state index contributed by atoms with van der Waals surface area (Å²) in [6, 6.07) is 0. The zero-order chi connectivity index (χ0) is 12.1. The first-order valence-electron chi connectivity index (χ1n) is 5.52. The molecule has 2 rings (SSSR count). The number of hydrogen-bond acceptors (Lipinski definition) is 5. The first kappa shape index (κ1) is 12.0. The van der Waals surface area contributed by atoms with Crippen molar-refractivity contribution < 1.29 is 4.79 Å². The summed E-state index contributed by atoms with van der Waals surface area (Å²) in [7, 11) is 0. The van der Waals surface area contributed by atoms with Gasteiger partial charge in [0.05, 0.1) is 6.54 Å². The third-order valence-electron chi connectivity index (χ3n) is 2.86. The largest absolute Gasteiger partial charge is 0.300 e. The zero-order valence-corrected chi connectivity index (χ0v) is 10.2. The summed E-state index contributed by atoms with van der Waals surface area (Å²) in [4.78, 5) is 14.1. The van der Waals surface area contributed by atoms with Gasteiger partial charge >= 0.3 is 0 Å². The first-order valence-corrected chi connectivity index (χ1v) is 6.40. The lowest BCUT2D eigenvalue weighted by molar-refractivity contribution is -0.121. The Hall–Kier alpha value is -1.45. The van der Waals surface area contributed by atoms with Crippen molar-refractivity contribution in [3.05, 3.63) is 5.51 Å². The molecule has 1 fully saturated rings. The van der Waals surface area contributed by atoms with Crippen molar-refractivity contribution in [1.29, 1.82) is 0 Å². The Morgan fingerprint density at radius 3 is 3.00 bits per heavy atom. The van der Waals surface area contributed by atoms with Gasteiger partial charge in [-0.15, -0.1) is 16.6 Å². The Morgan fingerprint density at radius 2 is 2.41 bits per heavy atom. The number of likely N-dealkylation sites (tertiary alicyclic amines) is 1. The molecule has 1 aliphatic rings. The van der Waals surface area contributed by atoms with Gasteiger partial charge in [-0.3, -0.25) is 9.69 Å². The van der Waals surface area contributed by atoms with Crippen LogP contribution in [0.5, 0.6) is 0 Å². The van der Waals surface area contributed by atoms with Gasteiger partial charge < -0.3 is 5.32 Å². The van der Waals surface area contributed by atoms with E-state index in [1.54, 1.807) is 5.51 Å². The third-order valence-corrected chi connectivity index (χ3v) is 3.47. The summed E-state index contributed by atoms with van der Waals surface area (Å²) in [5, 5.41) is 10.8. The van der Waals surface area contributed by atoms with E-state index in [1.165, 1.54) is 11.3 Å². The summed E-state index contributed by atoms with van der Waals surface area (Å²) >= 11 is 1.33. The molecule has 0 spiro atoms. The average molecular weight is 250 g/mol. The highest BCUT2D eigenvalue weighted by molar-refractivity contribution is 7.13. The molecule has 0 radical (unpaired) electrons. The summed E-state index contributed by atoms with van der Waals surface area (Å²) in [6.07, 6.45) is 6.97. The van der Waals surface area contributed by atoms with Crippen LogP contribution in [0.1, 0.15) is 12.8 Å². The van der Waals surface area contributed by atoms with Crippen LogP contribution in [0.4, 0.5) is 5.13 Å². The number of anilines is 1. The molecule has 0 bridgehead atoms. The molecule has 0 aliphatic carbocycles. The van der Waals surface area contributed by atoms with Gasteiger partial charge in [-0.05, 0) is 25.9 Å². The summed E-state index contributed by atoms with van der Waals surface area (Å²) in [5.41, 5.74) is 1.60. The molecule has 5 nitrogen and oxygen atoms in total. The lowest BCUT2D eigenvalue weighted by Gasteiger charge is -2.29. The second kappa shape index (κ2) is 5.75. The quantitative estimate of drug-likeness (QED) is 0.807. The molecule has 0 unspecified atom stereocenters. The number of carbonyl (C=O) groups is 1. The van der Waals surface area contributed by atoms with Crippen LogP contribution in [0.15, 0.2) is 5.51 Å². The van der Waals surface area contributed by atoms with E-state index in [4.69, 9.17) is 6.42 Å². The van der Waals surface area contributed by atoms with Gasteiger partial charge in [0.2, 0.25) is 11.0 Å². The van der Waals surface area contributed by atoms with Gasteiger partial charge in [0.1, 0.15) is 5.51 Å². The molecule has 0 aromatic carbocycles. The molecule has 17 heavy (non-hydrogen) atoms. The van der Waals surface area contributed by atoms with E-state index in [0.29, 0.717) is 11.7 Å². The molecule has 1 saturated heterocycles. The fraction of sp³-hybridized carbons (Fsp3) is 0.545. The number of terminal acetylenes is 1. The number of carbonyl (C=O) groups excluding carboxylic acids is 1. The summed E-state index contributed by atoms with van der Waals surface area (Å²) < 4.78 is 0. The van der Waals surface area contributed by atoms with Crippen LogP contribution >= 0.6 is 11.3 Å². The minimum absolute atomic E-state index is 0.0436. The average Bonchev–Trinajstić information content (AvgIpc) is 2.83. The first-order chi connectivity index (χ1) is 8.29. The van der Waals surface area contributed by atoms with Crippen molar-refractivity contribution in [1.82, 2.24) is 15.1 Å². The van der Waals surface area contributed by atoms with E-state index in [1.807, 2.05) is 0 Å². The standard InChI is InChI=1S/C11H14N4OS/c1-2-5-15-6-3-9(4-7-15)10(16)13-11-14-12-8-17-11/h1,8-9H,3-7H2,(H,13,14,16). The molecule has 1 N–H and O–H groups in total. The molecule has 1 aromatic heterocycles. The van der Waals surface area contributed by atoms with Crippen LogP contribution in [0, 0.1) is 18.3 Å². The minimum atomic E-state index is 0.0436. The molecule has 6 heteroatoms. The smallest absolute Gasteiger partial charge is 0.229 e. The predicted molar refractivity (Wildman–Crippen MR) is 66.5 cm³/mol. The molecular weight excluding hydrogens is 236 g/mol. The molecule has 2 heterocycles. The highest BCUT2D eigenvalue weighted by Gasteiger charge is 2.24. The number of aromatic nitrogens is 2. The van der Waals surface area contributed by atoms with Gasteiger partial charge in [0.25, 0.3) is 0 Å². The Kier molecular flexibility index (Phi) is 4.07. The topological polar surface area (TPSA) is 58.1 Å². The fourth-order valence-corrected chi connectivity index (χ4v) is 2.37. The van der Waals surface area contributed by atoms with Crippen LogP contribution < -0.4 is 5.32 Å². The number of hydrogen-bond donors (Lipinski definition) is 1. The van der Waals surface area contributed by atoms with E-state index >= 15 is 0 Å². The van der Waals surface area contributed by atoms with Crippen LogP contribution in [0.25, 0.3) is 0 Å². The van der Waals surface area contributed by atoms with E-state index in [-0.39, 0.29) is 11.8 Å². The molecular formula is C11H14N4OS. The van der Waals surface area contributed by atoms with Crippen molar-refractivity contribution >= 4 is 22.4 Å². The molecule has 90 valence electrons. The van der Waals surface area contributed by atoms with E-state index in [0.717, 1.165) is 25.9 Å². The lowest BCUT2D eigenvalue weighted by Crippen LogP contribution is -2.38. The van der Waals surface area contributed by atoms with Crippen LogP contribution in [-0.4, -0.2) is 40.6 Å². The third kappa shape index (κ3) is 3.25. The van der Waals surface area contributed by atoms with E-state index in [9.17, 15) is 4.79 Å². The van der Waals surface area contributed by atoms with Crippen molar-refractivity contribution in [3.8, 4) is 12.3 Å². The highest BCUT2D eigenvalue weighted by Crippen LogP contribution is 2.19. The number of nitrogens with zero attached hydrogens (tertiary/aromatic N) is 3. The molecule has 0 saturated carbocycles. The second-order valence-electron chi connectivity index (χ2n) is 3.99. The number of rotatable bonds is 3. The van der Waals surface area contributed by atoms with Crippen LogP contribution in [-0.2, 0) is 4.79 Å². The van der Waals surface area contributed by atoms with E-state index in [2.05, 4.69) is 26.3 Å². The van der Waals surface area contributed by atoms with Crippen molar-refractivity contribution in [2.45, 2.75) is 12.8 Å². The number of amides is 1. The maximum absolute atomic E-state index is 11.9. The molecule has 1 aromatic rings. The monoisotopic (exact) mass is 250 g/mol. The highest BCUT2D eigenvalue weighted by atomic mass is 32.1. The van der Waals surface area contributed by atoms with Crippen LogP contribution in [0.3, 0.4) is 0 Å². The Bertz CT molecular complexity index is 404. The van der Waals surface area contributed by atoms with Gasteiger partial charge in [-0.2, -0.15) is 0 Å². The Balaban J connectivity index is 1.80. The normalized spacial score (nSPS) is 17.6. The Morgan fingerprint density at radius 1 is 1.65 bits per heavy atom. The van der Waals surface area contributed by atoms with Gasteiger partial charge in [0.15, 0.2) is 0 Å². The maximum atomic E-state index is 11.9. The lowest BCUT2D eigenvalue weighted by atomic mass is 9.96. The predicted octanol–water partition coefficient (Wildman–Crippen LogP) is 0.822. The number of nitrogens with one attached hydrogen (secondary N) is 1. The Labute approximate surface area is 104 Å². The number of piperidine rings is 1. The zero-order valence-electron chi connectivity index (χ0n) is 9.43. The second-order valence-corrected chi connectivity index (χ2v) is 4.82. The molecule has 1 amide bonds. The van der Waals surface area contributed by atoms with Crippen molar-refractivity contribution in [2.75, 3.05) is 25.0 Å². The SMILES string of the molecule is C#CCN1CCC(C(=O)Nc2nncs2)CC1. The van der Waals surface area contributed by atoms with E-state index < -0.39 is 0 Å². The van der Waals surface area contributed by atoms with Crippen molar-refractivity contribution in [2.24, 2.45) is 5.92 Å².